The van der Waals surface area contributed by atoms with Crippen LogP contribution in [0.2, 0.25) is 0 Å². The Morgan fingerprint density at radius 3 is 2.35 bits per heavy atom. The second-order valence-corrected chi connectivity index (χ2v) is 8.92. The standard InChI is InChI=1S/C22H23N5O5S2/c1-3-14-32-17-8-4-15(5-9-17)20(28)26-22(33)25-16-6-10-18(11-7-16)34(29,30)27-19-21(31-2)24-13-12-23-19/h4-13H,3,14H2,1-2H3,(H,23,27)(H2,25,26,28,33). The lowest BCUT2D eigenvalue weighted by atomic mass is 10.2. The highest BCUT2D eigenvalue weighted by molar-refractivity contribution is 7.92. The molecule has 3 aromatic rings. The maximum atomic E-state index is 12.6. The summed E-state index contributed by atoms with van der Waals surface area (Å²) in [5.74, 6) is 0.317. The number of aromatic nitrogens is 2. The summed E-state index contributed by atoms with van der Waals surface area (Å²) in [6.07, 6.45) is 3.62. The van der Waals surface area contributed by atoms with E-state index in [4.69, 9.17) is 21.7 Å². The Bertz CT molecular complexity index is 1250. The molecule has 34 heavy (non-hydrogen) atoms. The summed E-state index contributed by atoms with van der Waals surface area (Å²) in [6.45, 7) is 2.61. The number of nitrogens with zero attached hydrogens (tertiary/aromatic N) is 2. The van der Waals surface area contributed by atoms with E-state index < -0.39 is 10.0 Å². The molecule has 1 heterocycles. The van der Waals surface area contributed by atoms with Crippen molar-refractivity contribution in [2.45, 2.75) is 18.2 Å². The summed E-state index contributed by atoms with van der Waals surface area (Å²) >= 11 is 5.19. The summed E-state index contributed by atoms with van der Waals surface area (Å²) in [7, 11) is -2.57. The van der Waals surface area contributed by atoms with Crippen molar-refractivity contribution >= 4 is 44.8 Å². The molecule has 0 saturated carbocycles. The van der Waals surface area contributed by atoms with Crippen molar-refractivity contribution in [1.29, 1.82) is 0 Å². The molecule has 10 nitrogen and oxygen atoms in total. The van der Waals surface area contributed by atoms with Gasteiger partial charge in [-0.15, -0.1) is 0 Å². The molecular formula is C22H23N5O5S2. The zero-order valence-corrected chi connectivity index (χ0v) is 20.1. The third-order valence-corrected chi connectivity index (χ3v) is 5.89. The average molecular weight is 502 g/mol. The van der Waals surface area contributed by atoms with Crippen LogP contribution in [0.3, 0.4) is 0 Å². The summed E-state index contributed by atoms with van der Waals surface area (Å²) in [5.41, 5.74) is 0.907. The fraction of sp³-hybridized carbons (Fsp3) is 0.182. The van der Waals surface area contributed by atoms with Crippen molar-refractivity contribution in [3.63, 3.8) is 0 Å². The molecule has 0 fully saturated rings. The van der Waals surface area contributed by atoms with Crippen LogP contribution >= 0.6 is 12.2 Å². The van der Waals surface area contributed by atoms with E-state index in [1.54, 1.807) is 24.3 Å². The van der Waals surface area contributed by atoms with Gasteiger partial charge in [-0.2, -0.15) is 0 Å². The number of thiocarbonyl (C=S) groups is 1. The van der Waals surface area contributed by atoms with E-state index in [0.717, 1.165) is 6.42 Å². The van der Waals surface area contributed by atoms with Crippen LogP contribution in [0.5, 0.6) is 11.6 Å². The molecule has 0 radical (unpaired) electrons. The number of nitrogens with one attached hydrogen (secondary N) is 3. The van der Waals surface area contributed by atoms with Crippen molar-refractivity contribution in [2.75, 3.05) is 23.8 Å². The van der Waals surface area contributed by atoms with Crippen LogP contribution < -0.4 is 24.8 Å². The minimum absolute atomic E-state index is 0.00825. The van der Waals surface area contributed by atoms with E-state index in [2.05, 4.69) is 25.3 Å². The molecule has 1 aromatic heterocycles. The highest BCUT2D eigenvalue weighted by Gasteiger charge is 2.18. The van der Waals surface area contributed by atoms with Gasteiger partial charge in [-0.05, 0) is 67.2 Å². The fourth-order valence-electron chi connectivity index (χ4n) is 2.71. The largest absolute Gasteiger partial charge is 0.494 e. The molecule has 0 atom stereocenters. The zero-order valence-electron chi connectivity index (χ0n) is 18.4. The Labute approximate surface area is 202 Å². The summed E-state index contributed by atoms with van der Waals surface area (Å²) in [6, 6.07) is 12.5. The normalized spacial score (nSPS) is 10.8. The molecule has 0 saturated heterocycles. The van der Waals surface area contributed by atoms with Gasteiger partial charge < -0.3 is 14.8 Å². The van der Waals surface area contributed by atoms with Crippen molar-refractivity contribution in [3.05, 3.63) is 66.5 Å². The maximum Gasteiger partial charge on any atom is 0.263 e. The van der Waals surface area contributed by atoms with Gasteiger partial charge in [0.15, 0.2) is 5.11 Å². The number of hydrogen-bond donors (Lipinski definition) is 3. The summed E-state index contributed by atoms with van der Waals surface area (Å²) in [5, 5.41) is 5.49. The summed E-state index contributed by atoms with van der Waals surface area (Å²) in [4.78, 5) is 20.2. The molecule has 178 valence electrons. The Balaban J connectivity index is 1.59. The van der Waals surface area contributed by atoms with Gasteiger partial charge in [0.2, 0.25) is 5.82 Å². The van der Waals surface area contributed by atoms with Crippen LogP contribution in [0.4, 0.5) is 11.5 Å². The number of hydrogen-bond acceptors (Lipinski definition) is 8. The van der Waals surface area contributed by atoms with Gasteiger partial charge >= 0.3 is 0 Å². The van der Waals surface area contributed by atoms with E-state index in [1.165, 1.54) is 43.8 Å². The SMILES string of the molecule is CCCOc1ccc(C(=O)NC(=S)Nc2ccc(S(=O)(=O)Nc3nccnc3OC)cc2)cc1. The predicted molar refractivity (Wildman–Crippen MR) is 132 cm³/mol. The fourth-order valence-corrected chi connectivity index (χ4v) is 3.93. The molecule has 0 spiro atoms. The van der Waals surface area contributed by atoms with Gasteiger partial charge in [0, 0.05) is 23.6 Å². The lowest BCUT2D eigenvalue weighted by molar-refractivity contribution is 0.0977. The van der Waals surface area contributed by atoms with Crippen LogP contribution in [-0.2, 0) is 10.0 Å². The highest BCUT2D eigenvalue weighted by Crippen LogP contribution is 2.22. The number of ether oxygens (including phenoxy) is 2. The van der Waals surface area contributed by atoms with Crippen LogP contribution in [0.15, 0.2) is 65.8 Å². The Hall–Kier alpha value is -3.77. The van der Waals surface area contributed by atoms with Gasteiger partial charge in [0.05, 0.1) is 18.6 Å². The third-order valence-electron chi connectivity index (χ3n) is 4.33. The highest BCUT2D eigenvalue weighted by atomic mass is 32.2. The van der Waals surface area contributed by atoms with Crippen LogP contribution in [-0.4, -0.2) is 43.1 Å². The average Bonchev–Trinajstić information content (AvgIpc) is 2.83. The van der Waals surface area contributed by atoms with Gasteiger partial charge in [-0.25, -0.2) is 18.4 Å². The molecule has 0 aliphatic heterocycles. The number of carbonyl (C=O) groups excluding carboxylic acids is 1. The molecule has 3 N–H and O–H groups in total. The molecule has 2 aromatic carbocycles. The number of benzene rings is 2. The second-order valence-electron chi connectivity index (χ2n) is 6.83. The minimum Gasteiger partial charge on any atom is -0.494 e. The molecular weight excluding hydrogens is 478 g/mol. The van der Waals surface area contributed by atoms with Crippen molar-refractivity contribution in [2.24, 2.45) is 0 Å². The van der Waals surface area contributed by atoms with E-state index in [-0.39, 0.29) is 27.6 Å². The maximum absolute atomic E-state index is 12.6. The number of methoxy groups -OCH3 is 1. The van der Waals surface area contributed by atoms with Gasteiger partial charge in [0.1, 0.15) is 5.75 Å². The van der Waals surface area contributed by atoms with E-state index in [1.807, 2.05) is 6.92 Å². The second kappa shape index (κ2) is 11.4. The first-order chi connectivity index (χ1) is 16.3. The Morgan fingerprint density at radius 2 is 1.71 bits per heavy atom. The quantitative estimate of drug-likeness (QED) is 0.378. The lowest BCUT2D eigenvalue weighted by Gasteiger charge is -2.12. The smallest absolute Gasteiger partial charge is 0.263 e. The number of anilines is 2. The van der Waals surface area contributed by atoms with Gasteiger partial charge in [0.25, 0.3) is 21.8 Å². The van der Waals surface area contributed by atoms with E-state index in [9.17, 15) is 13.2 Å². The Kier molecular flexibility index (Phi) is 8.33. The lowest BCUT2D eigenvalue weighted by Crippen LogP contribution is -2.34. The summed E-state index contributed by atoms with van der Waals surface area (Å²) < 4.78 is 38.1. The number of carbonyl (C=O) groups is 1. The zero-order chi connectivity index (χ0) is 24.6. The first kappa shape index (κ1) is 24.9. The molecule has 12 heteroatoms. The molecule has 0 unspecified atom stereocenters. The monoisotopic (exact) mass is 501 g/mol. The number of sulfonamides is 1. The van der Waals surface area contributed by atoms with Crippen molar-refractivity contribution in [3.8, 4) is 11.6 Å². The molecule has 0 bridgehead atoms. The van der Waals surface area contributed by atoms with Gasteiger partial charge in [-0.3, -0.25) is 14.8 Å². The topological polar surface area (TPSA) is 132 Å². The van der Waals surface area contributed by atoms with Crippen LogP contribution in [0.1, 0.15) is 23.7 Å². The first-order valence-corrected chi connectivity index (χ1v) is 12.0. The molecule has 1 amide bonds. The van der Waals surface area contributed by atoms with Crippen molar-refractivity contribution < 1.29 is 22.7 Å². The van der Waals surface area contributed by atoms with Crippen LogP contribution in [0, 0.1) is 0 Å². The first-order valence-electron chi connectivity index (χ1n) is 10.2. The third kappa shape index (κ3) is 6.62. The molecule has 0 aliphatic carbocycles. The van der Waals surface area contributed by atoms with Crippen molar-refractivity contribution in [1.82, 2.24) is 15.3 Å². The number of amides is 1. The minimum atomic E-state index is -3.93. The van der Waals surface area contributed by atoms with E-state index in [0.29, 0.717) is 23.6 Å². The van der Waals surface area contributed by atoms with E-state index >= 15 is 0 Å². The molecule has 3 rings (SSSR count). The molecule has 0 aliphatic rings. The van der Waals surface area contributed by atoms with Crippen LogP contribution in [0.25, 0.3) is 0 Å². The van der Waals surface area contributed by atoms with Gasteiger partial charge in [-0.1, -0.05) is 6.92 Å². The number of rotatable bonds is 9. The Morgan fingerprint density at radius 1 is 1.03 bits per heavy atom. The predicted octanol–water partition coefficient (Wildman–Crippen LogP) is 3.20.